The molecule has 6 nitrogen and oxygen atoms in total. The molecular weight excluding hydrogens is 328 g/mol. The van der Waals surface area contributed by atoms with E-state index < -0.39 is 14.9 Å². The number of aryl methyl sites for hydroxylation is 1. The zero-order chi connectivity index (χ0) is 16.5. The number of halogens is 1. The highest BCUT2D eigenvalue weighted by Gasteiger charge is 2.24. The van der Waals surface area contributed by atoms with E-state index in [1.54, 1.807) is 25.1 Å². The van der Waals surface area contributed by atoms with Gasteiger partial charge in [0.1, 0.15) is 0 Å². The normalized spacial score (nSPS) is 11.2. The molecule has 0 aromatic heterocycles. The molecule has 0 aliphatic carbocycles. The summed E-state index contributed by atoms with van der Waals surface area (Å²) >= 11 is 5.86. The van der Waals surface area contributed by atoms with Crippen molar-refractivity contribution in [3.63, 3.8) is 0 Å². The molecule has 0 fully saturated rings. The first kappa shape index (κ1) is 16.3. The lowest BCUT2D eigenvalue weighted by atomic mass is 10.2. The van der Waals surface area contributed by atoms with Crippen molar-refractivity contribution in [2.24, 2.45) is 0 Å². The highest BCUT2D eigenvalue weighted by Crippen LogP contribution is 2.27. The quantitative estimate of drug-likeness (QED) is 0.631. The van der Waals surface area contributed by atoms with Crippen LogP contribution in [0, 0.1) is 17.0 Å². The van der Waals surface area contributed by atoms with Gasteiger partial charge in [0.25, 0.3) is 15.7 Å². The Bertz CT molecular complexity index is 836. The number of sulfonamides is 1. The van der Waals surface area contributed by atoms with E-state index in [2.05, 4.69) is 0 Å². The summed E-state index contributed by atoms with van der Waals surface area (Å²) in [6.07, 6.45) is 0. The van der Waals surface area contributed by atoms with Crippen molar-refractivity contribution in [3.8, 4) is 0 Å². The fraction of sp³-hybridized carbons (Fsp3) is 0.143. The van der Waals surface area contributed by atoms with E-state index in [0.29, 0.717) is 16.3 Å². The average Bonchev–Trinajstić information content (AvgIpc) is 2.46. The van der Waals surface area contributed by atoms with E-state index in [1.165, 1.54) is 25.2 Å². The average molecular weight is 341 g/mol. The van der Waals surface area contributed by atoms with Crippen LogP contribution in [0.4, 0.5) is 11.4 Å². The standard InChI is InChI=1S/C14H13ClN2O4S/c1-10-6-7-13(9-14(10)17(18)19)22(20,21)16(2)12-5-3-4-11(15)8-12/h3-9H,1-2H3. The van der Waals surface area contributed by atoms with Crippen molar-refractivity contribution >= 4 is 33.0 Å². The SMILES string of the molecule is Cc1ccc(S(=O)(=O)N(C)c2cccc(Cl)c2)cc1[N+](=O)[O-]. The highest BCUT2D eigenvalue weighted by molar-refractivity contribution is 7.92. The third-order valence-corrected chi connectivity index (χ3v) is 5.22. The van der Waals surface area contributed by atoms with Gasteiger partial charge in [0, 0.05) is 23.7 Å². The molecule has 0 spiro atoms. The molecule has 8 heteroatoms. The molecule has 0 saturated carbocycles. The number of anilines is 1. The maximum Gasteiger partial charge on any atom is 0.273 e. The van der Waals surface area contributed by atoms with Crippen LogP contribution < -0.4 is 4.31 Å². The first-order valence-corrected chi connectivity index (χ1v) is 8.05. The second-order valence-electron chi connectivity index (χ2n) is 4.66. The van der Waals surface area contributed by atoms with Gasteiger partial charge in [-0.3, -0.25) is 14.4 Å². The van der Waals surface area contributed by atoms with Gasteiger partial charge in [-0.05, 0) is 31.2 Å². The van der Waals surface area contributed by atoms with Gasteiger partial charge in [-0.15, -0.1) is 0 Å². The predicted molar refractivity (Wildman–Crippen MR) is 84.9 cm³/mol. The number of hydrogen-bond acceptors (Lipinski definition) is 4. The Morgan fingerprint density at radius 3 is 2.45 bits per heavy atom. The van der Waals surface area contributed by atoms with Crippen LogP contribution in [0.3, 0.4) is 0 Å². The predicted octanol–water partition coefficient (Wildman–Crippen LogP) is 3.38. The Balaban J connectivity index is 2.51. The highest BCUT2D eigenvalue weighted by atomic mass is 35.5. The Kier molecular flexibility index (Phi) is 4.39. The summed E-state index contributed by atoms with van der Waals surface area (Å²) in [5, 5.41) is 11.4. The Morgan fingerprint density at radius 1 is 1.18 bits per heavy atom. The monoisotopic (exact) mass is 340 g/mol. The number of rotatable bonds is 4. The van der Waals surface area contributed by atoms with Crippen molar-refractivity contribution in [2.75, 3.05) is 11.4 Å². The minimum absolute atomic E-state index is 0.146. The van der Waals surface area contributed by atoms with Gasteiger partial charge in [0.15, 0.2) is 0 Å². The van der Waals surface area contributed by atoms with Crippen LogP contribution in [-0.4, -0.2) is 20.4 Å². The van der Waals surface area contributed by atoms with Crippen molar-refractivity contribution in [3.05, 3.63) is 63.2 Å². The summed E-state index contributed by atoms with van der Waals surface area (Å²) in [4.78, 5) is 10.2. The second kappa shape index (κ2) is 5.94. The summed E-state index contributed by atoms with van der Waals surface area (Å²) in [7, 11) is -2.54. The summed E-state index contributed by atoms with van der Waals surface area (Å²) in [6, 6.07) is 10.2. The van der Waals surface area contributed by atoms with Gasteiger partial charge in [-0.2, -0.15) is 0 Å². The first-order chi connectivity index (χ1) is 10.2. The van der Waals surface area contributed by atoms with E-state index in [0.717, 1.165) is 10.4 Å². The summed E-state index contributed by atoms with van der Waals surface area (Å²) in [5.41, 5.74) is 0.533. The van der Waals surface area contributed by atoms with Gasteiger partial charge in [-0.25, -0.2) is 8.42 Å². The molecule has 0 heterocycles. The molecule has 0 unspecified atom stereocenters. The summed E-state index contributed by atoms with van der Waals surface area (Å²) in [6.45, 7) is 1.55. The minimum atomic E-state index is -3.91. The maximum absolute atomic E-state index is 12.6. The minimum Gasteiger partial charge on any atom is -0.269 e. The van der Waals surface area contributed by atoms with Crippen LogP contribution in [-0.2, 0) is 10.0 Å². The number of nitrogens with zero attached hydrogens (tertiary/aromatic N) is 2. The van der Waals surface area contributed by atoms with Crippen molar-refractivity contribution in [1.82, 2.24) is 0 Å². The fourth-order valence-electron chi connectivity index (χ4n) is 1.92. The van der Waals surface area contributed by atoms with Crippen molar-refractivity contribution in [1.29, 1.82) is 0 Å². The van der Waals surface area contributed by atoms with Gasteiger partial charge in [-0.1, -0.05) is 23.7 Å². The van der Waals surface area contributed by atoms with Crippen LogP contribution >= 0.6 is 11.6 Å². The lowest BCUT2D eigenvalue weighted by Crippen LogP contribution is -2.26. The number of benzene rings is 2. The van der Waals surface area contributed by atoms with Crippen LogP contribution in [0.15, 0.2) is 47.4 Å². The number of nitro benzene ring substituents is 1. The number of hydrogen-bond donors (Lipinski definition) is 0. The topological polar surface area (TPSA) is 80.5 Å². The van der Waals surface area contributed by atoms with Crippen LogP contribution in [0.25, 0.3) is 0 Å². The third-order valence-electron chi connectivity index (χ3n) is 3.21. The lowest BCUT2D eigenvalue weighted by molar-refractivity contribution is -0.385. The van der Waals surface area contributed by atoms with Crippen molar-refractivity contribution in [2.45, 2.75) is 11.8 Å². The molecule has 0 radical (unpaired) electrons. The van der Waals surface area contributed by atoms with E-state index in [4.69, 9.17) is 11.6 Å². The Hall–Kier alpha value is -2.12. The van der Waals surface area contributed by atoms with Gasteiger partial charge >= 0.3 is 0 Å². The number of nitro groups is 1. The smallest absolute Gasteiger partial charge is 0.269 e. The largest absolute Gasteiger partial charge is 0.273 e. The summed E-state index contributed by atoms with van der Waals surface area (Å²) in [5.74, 6) is 0. The van der Waals surface area contributed by atoms with Gasteiger partial charge in [0.05, 0.1) is 15.5 Å². The van der Waals surface area contributed by atoms with Gasteiger partial charge < -0.3 is 0 Å². The molecule has 0 atom stereocenters. The Morgan fingerprint density at radius 2 is 1.86 bits per heavy atom. The van der Waals surface area contributed by atoms with Crippen molar-refractivity contribution < 1.29 is 13.3 Å². The molecule has 22 heavy (non-hydrogen) atoms. The second-order valence-corrected chi connectivity index (χ2v) is 7.06. The molecule has 2 aromatic carbocycles. The van der Waals surface area contributed by atoms with Crippen LogP contribution in [0.5, 0.6) is 0 Å². The molecule has 0 bridgehead atoms. The third kappa shape index (κ3) is 3.05. The van der Waals surface area contributed by atoms with E-state index in [-0.39, 0.29) is 10.6 Å². The molecule has 2 rings (SSSR count). The van der Waals surface area contributed by atoms with E-state index >= 15 is 0 Å². The van der Waals surface area contributed by atoms with Crippen LogP contribution in [0.1, 0.15) is 5.56 Å². The first-order valence-electron chi connectivity index (χ1n) is 6.23. The summed E-state index contributed by atoms with van der Waals surface area (Å²) < 4.78 is 26.2. The molecule has 0 aliphatic rings. The molecule has 2 aromatic rings. The van der Waals surface area contributed by atoms with Crippen LogP contribution in [0.2, 0.25) is 5.02 Å². The van der Waals surface area contributed by atoms with E-state index in [9.17, 15) is 18.5 Å². The zero-order valence-corrected chi connectivity index (χ0v) is 13.4. The fourth-order valence-corrected chi connectivity index (χ4v) is 3.31. The molecule has 0 saturated heterocycles. The molecular formula is C14H13ClN2O4S. The molecule has 0 N–H and O–H groups in total. The molecule has 0 amide bonds. The molecule has 116 valence electrons. The van der Waals surface area contributed by atoms with E-state index in [1.807, 2.05) is 0 Å². The molecule has 0 aliphatic heterocycles. The lowest BCUT2D eigenvalue weighted by Gasteiger charge is -2.19. The Labute approximate surface area is 133 Å². The maximum atomic E-state index is 12.6. The zero-order valence-electron chi connectivity index (χ0n) is 11.9. The van der Waals surface area contributed by atoms with Gasteiger partial charge in [0.2, 0.25) is 0 Å².